The van der Waals surface area contributed by atoms with Gasteiger partial charge in [0.1, 0.15) is 11.6 Å². The largest absolute Gasteiger partial charge is 0.493 e. The monoisotopic (exact) mass is 237 g/mol. The molecule has 2 rings (SSSR count). The normalized spacial score (nSPS) is 15.3. The molecule has 1 fully saturated rings. The predicted octanol–water partition coefficient (Wildman–Crippen LogP) is 3.11. The van der Waals surface area contributed by atoms with Gasteiger partial charge in [0.15, 0.2) is 0 Å². The van der Waals surface area contributed by atoms with Crippen molar-refractivity contribution in [3.8, 4) is 5.75 Å². The summed E-state index contributed by atoms with van der Waals surface area (Å²) in [6.45, 7) is 5.33. The van der Waals surface area contributed by atoms with Gasteiger partial charge in [0.05, 0.1) is 6.61 Å². The Morgan fingerprint density at radius 1 is 1.41 bits per heavy atom. The summed E-state index contributed by atoms with van der Waals surface area (Å²) in [5.41, 5.74) is 0.641. The van der Waals surface area contributed by atoms with Crippen molar-refractivity contribution < 1.29 is 9.13 Å². The minimum absolute atomic E-state index is 0.188. The summed E-state index contributed by atoms with van der Waals surface area (Å²) in [5.74, 6) is 1.18. The van der Waals surface area contributed by atoms with Crippen molar-refractivity contribution in [1.82, 2.24) is 5.32 Å². The molecule has 3 heteroatoms. The number of nitrogens with one attached hydrogen (secondary N) is 1. The minimum Gasteiger partial charge on any atom is -0.493 e. The molecule has 0 unspecified atom stereocenters. The molecule has 2 nitrogen and oxygen atoms in total. The molecule has 0 atom stereocenters. The highest BCUT2D eigenvalue weighted by atomic mass is 19.1. The Kier molecular flexibility index (Phi) is 4.00. The van der Waals surface area contributed by atoms with Crippen LogP contribution in [0, 0.1) is 11.7 Å². The molecule has 0 spiro atoms. The number of ether oxygens (including phenoxy) is 1. The van der Waals surface area contributed by atoms with Crippen LogP contribution in [0.15, 0.2) is 18.2 Å². The fraction of sp³-hybridized carbons (Fsp3) is 0.571. The fourth-order valence-electron chi connectivity index (χ4n) is 1.64. The van der Waals surface area contributed by atoms with Crippen LogP contribution in [0.3, 0.4) is 0 Å². The molecule has 94 valence electrons. The van der Waals surface area contributed by atoms with E-state index in [9.17, 15) is 4.39 Å². The SMILES string of the molecule is CC(C)NCc1c(F)cccc1OCC1CC1. The van der Waals surface area contributed by atoms with Gasteiger partial charge in [-0.3, -0.25) is 0 Å². The van der Waals surface area contributed by atoms with Crippen LogP contribution in [-0.2, 0) is 6.54 Å². The Hall–Kier alpha value is -1.09. The Bertz CT molecular complexity index is 374. The lowest BCUT2D eigenvalue weighted by atomic mass is 10.1. The van der Waals surface area contributed by atoms with Gasteiger partial charge in [0.25, 0.3) is 0 Å². The molecule has 0 aliphatic heterocycles. The molecule has 17 heavy (non-hydrogen) atoms. The molecule has 0 amide bonds. The molecule has 1 aliphatic rings. The molecular weight excluding hydrogens is 217 g/mol. The highest BCUT2D eigenvalue weighted by molar-refractivity contribution is 5.34. The van der Waals surface area contributed by atoms with Crippen LogP contribution in [0.2, 0.25) is 0 Å². The zero-order valence-electron chi connectivity index (χ0n) is 10.5. The van der Waals surface area contributed by atoms with Crippen LogP contribution in [0.25, 0.3) is 0 Å². The molecule has 1 aromatic carbocycles. The standard InChI is InChI=1S/C14H20FNO/c1-10(2)16-8-12-13(15)4-3-5-14(12)17-9-11-6-7-11/h3-5,10-11,16H,6-9H2,1-2H3. The Labute approximate surface area is 102 Å². The van der Waals surface area contributed by atoms with Crippen LogP contribution < -0.4 is 10.1 Å². The lowest BCUT2D eigenvalue weighted by molar-refractivity contribution is 0.293. The summed E-state index contributed by atoms with van der Waals surface area (Å²) in [6.07, 6.45) is 2.49. The van der Waals surface area contributed by atoms with Crippen molar-refractivity contribution >= 4 is 0 Å². The van der Waals surface area contributed by atoms with Crippen LogP contribution >= 0.6 is 0 Å². The lowest BCUT2D eigenvalue weighted by Crippen LogP contribution is -2.23. The average Bonchev–Trinajstić information content (AvgIpc) is 3.08. The zero-order chi connectivity index (χ0) is 12.3. The van der Waals surface area contributed by atoms with Crippen LogP contribution in [0.1, 0.15) is 32.3 Å². The maximum atomic E-state index is 13.7. The van der Waals surface area contributed by atoms with Gasteiger partial charge in [0, 0.05) is 18.2 Å². The van der Waals surface area contributed by atoms with Gasteiger partial charge in [-0.1, -0.05) is 19.9 Å². The molecule has 0 aromatic heterocycles. The van der Waals surface area contributed by atoms with E-state index in [1.165, 1.54) is 18.9 Å². The van der Waals surface area contributed by atoms with Crippen molar-refractivity contribution in [1.29, 1.82) is 0 Å². The molecule has 1 N–H and O–H groups in total. The second kappa shape index (κ2) is 5.50. The molecule has 1 saturated carbocycles. The first-order chi connectivity index (χ1) is 8.16. The molecule has 0 heterocycles. The van der Waals surface area contributed by atoms with E-state index in [0.29, 0.717) is 29.8 Å². The third-order valence-electron chi connectivity index (χ3n) is 2.93. The first-order valence-corrected chi connectivity index (χ1v) is 6.30. The third-order valence-corrected chi connectivity index (χ3v) is 2.93. The number of rotatable bonds is 6. The van der Waals surface area contributed by atoms with Crippen LogP contribution in [0.4, 0.5) is 4.39 Å². The predicted molar refractivity (Wildman–Crippen MR) is 66.6 cm³/mol. The number of halogens is 1. The maximum Gasteiger partial charge on any atom is 0.131 e. The van der Waals surface area contributed by atoms with Gasteiger partial charge in [0.2, 0.25) is 0 Å². The van der Waals surface area contributed by atoms with E-state index >= 15 is 0 Å². The summed E-state index contributed by atoms with van der Waals surface area (Å²) in [4.78, 5) is 0. The second-order valence-corrected chi connectivity index (χ2v) is 5.01. The first-order valence-electron chi connectivity index (χ1n) is 6.30. The fourth-order valence-corrected chi connectivity index (χ4v) is 1.64. The molecule has 1 aromatic rings. The Morgan fingerprint density at radius 2 is 2.18 bits per heavy atom. The summed E-state index contributed by atoms with van der Waals surface area (Å²) in [7, 11) is 0. The molecule has 0 saturated heterocycles. The van der Waals surface area contributed by atoms with Crippen molar-refractivity contribution in [3.63, 3.8) is 0 Å². The van der Waals surface area contributed by atoms with Crippen molar-refractivity contribution in [2.45, 2.75) is 39.3 Å². The Morgan fingerprint density at radius 3 is 2.82 bits per heavy atom. The van der Waals surface area contributed by atoms with E-state index < -0.39 is 0 Å². The second-order valence-electron chi connectivity index (χ2n) is 5.01. The summed E-state index contributed by atoms with van der Waals surface area (Å²) in [6, 6.07) is 5.38. The highest BCUT2D eigenvalue weighted by Crippen LogP contribution is 2.30. The summed E-state index contributed by atoms with van der Waals surface area (Å²) in [5, 5.41) is 3.23. The topological polar surface area (TPSA) is 21.3 Å². The van der Waals surface area contributed by atoms with E-state index in [1.54, 1.807) is 6.07 Å². The van der Waals surface area contributed by atoms with Crippen LogP contribution in [-0.4, -0.2) is 12.6 Å². The van der Waals surface area contributed by atoms with E-state index in [0.717, 1.165) is 6.61 Å². The van der Waals surface area contributed by atoms with E-state index in [-0.39, 0.29) is 5.82 Å². The first kappa shape index (κ1) is 12.4. The zero-order valence-corrected chi connectivity index (χ0v) is 10.5. The van der Waals surface area contributed by atoms with Crippen molar-refractivity contribution in [2.75, 3.05) is 6.61 Å². The van der Waals surface area contributed by atoms with Gasteiger partial charge in [-0.15, -0.1) is 0 Å². The van der Waals surface area contributed by atoms with Crippen LogP contribution in [0.5, 0.6) is 5.75 Å². The van der Waals surface area contributed by atoms with Gasteiger partial charge in [-0.2, -0.15) is 0 Å². The molecule has 0 radical (unpaired) electrons. The minimum atomic E-state index is -0.188. The van der Waals surface area contributed by atoms with Crippen molar-refractivity contribution in [2.24, 2.45) is 5.92 Å². The molecule has 0 bridgehead atoms. The van der Waals surface area contributed by atoms with E-state index in [2.05, 4.69) is 5.32 Å². The smallest absolute Gasteiger partial charge is 0.131 e. The van der Waals surface area contributed by atoms with E-state index in [4.69, 9.17) is 4.74 Å². The van der Waals surface area contributed by atoms with Gasteiger partial charge in [-0.25, -0.2) is 4.39 Å². The summed E-state index contributed by atoms with van der Waals surface area (Å²) >= 11 is 0. The maximum absolute atomic E-state index is 13.7. The number of hydrogen-bond donors (Lipinski definition) is 1. The quantitative estimate of drug-likeness (QED) is 0.820. The van der Waals surface area contributed by atoms with Crippen molar-refractivity contribution in [3.05, 3.63) is 29.6 Å². The van der Waals surface area contributed by atoms with Gasteiger partial charge >= 0.3 is 0 Å². The number of hydrogen-bond acceptors (Lipinski definition) is 2. The highest BCUT2D eigenvalue weighted by Gasteiger charge is 2.22. The number of benzene rings is 1. The molecular formula is C14H20FNO. The van der Waals surface area contributed by atoms with Gasteiger partial charge in [-0.05, 0) is 30.9 Å². The lowest BCUT2D eigenvalue weighted by Gasteiger charge is -2.14. The third kappa shape index (κ3) is 3.70. The average molecular weight is 237 g/mol. The van der Waals surface area contributed by atoms with Gasteiger partial charge < -0.3 is 10.1 Å². The summed E-state index contributed by atoms with van der Waals surface area (Å²) < 4.78 is 19.4. The molecule has 1 aliphatic carbocycles. The Balaban J connectivity index is 2.03. The van der Waals surface area contributed by atoms with E-state index in [1.807, 2.05) is 19.9 Å².